The quantitative estimate of drug-likeness (QED) is 0.846. The predicted molar refractivity (Wildman–Crippen MR) is 88.6 cm³/mol. The average Bonchev–Trinajstić information content (AvgIpc) is 2.83. The summed E-state index contributed by atoms with van der Waals surface area (Å²) in [5.74, 6) is 0.0583. The van der Waals surface area contributed by atoms with E-state index in [0.717, 1.165) is 38.9 Å². The Morgan fingerprint density at radius 2 is 1.95 bits per heavy atom. The van der Waals surface area contributed by atoms with E-state index in [1.807, 2.05) is 13.8 Å². The monoisotopic (exact) mass is 304 g/mol. The molecule has 0 radical (unpaired) electrons. The van der Waals surface area contributed by atoms with Gasteiger partial charge in [-0.2, -0.15) is 0 Å². The third kappa shape index (κ3) is 5.78. The lowest BCUT2D eigenvalue weighted by Gasteiger charge is -2.18. The molecule has 1 heterocycles. The number of nitrogens with zero attached hydrogens (tertiary/aromatic N) is 1. The molecule has 1 aromatic carbocycles. The fraction of sp³-hybridized carbons (Fsp3) is 0.611. The van der Waals surface area contributed by atoms with Crippen LogP contribution in [0.15, 0.2) is 24.3 Å². The second-order valence-electron chi connectivity index (χ2n) is 7.05. The highest BCUT2D eigenvalue weighted by molar-refractivity contribution is 5.73. The molecule has 1 saturated heterocycles. The molecule has 4 nitrogen and oxygen atoms in total. The van der Waals surface area contributed by atoms with E-state index < -0.39 is 5.60 Å². The molecule has 122 valence electrons. The van der Waals surface area contributed by atoms with Gasteiger partial charge < -0.3 is 10.4 Å². The Bertz CT molecular complexity index is 491. The number of amides is 1. The van der Waals surface area contributed by atoms with Crippen molar-refractivity contribution in [2.75, 3.05) is 13.1 Å². The number of carbonyl (C=O) groups is 1. The minimum Gasteiger partial charge on any atom is -0.390 e. The molecule has 0 unspecified atom stereocenters. The highest BCUT2D eigenvalue weighted by Crippen LogP contribution is 2.16. The smallest absolute Gasteiger partial charge is 0.217 e. The number of hydrogen-bond acceptors (Lipinski definition) is 3. The molecule has 22 heavy (non-hydrogen) atoms. The molecule has 0 bridgehead atoms. The maximum atomic E-state index is 11.1. The van der Waals surface area contributed by atoms with Gasteiger partial charge in [-0.3, -0.25) is 9.69 Å². The SMILES string of the molecule is CC(=O)N[C@@H]1CCN(Cc2ccc(CCC(C)(C)O)cc2)C1. The van der Waals surface area contributed by atoms with Gasteiger partial charge in [-0.25, -0.2) is 0 Å². The Kier molecular flexibility index (Phi) is 5.59. The van der Waals surface area contributed by atoms with E-state index in [2.05, 4.69) is 34.5 Å². The lowest BCUT2D eigenvalue weighted by molar-refractivity contribution is -0.119. The van der Waals surface area contributed by atoms with Crippen molar-refractivity contribution < 1.29 is 9.90 Å². The summed E-state index contributed by atoms with van der Waals surface area (Å²) in [5.41, 5.74) is 1.96. The first kappa shape index (κ1) is 17.0. The number of carbonyl (C=O) groups excluding carboxylic acids is 1. The zero-order valence-electron chi connectivity index (χ0n) is 13.9. The highest BCUT2D eigenvalue weighted by Gasteiger charge is 2.22. The lowest BCUT2D eigenvalue weighted by atomic mass is 9.98. The number of benzene rings is 1. The number of hydrogen-bond donors (Lipinski definition) is 2. The first-order chi connectivity index (χ1) is 10.3. The topological polar surface area (TPSA) is 52.6 Å². The van der Waals surface area contributed by atoms with Gasteiger partial charge in [0.05, 0.1) is 5.60 Å². The van der Waals surface area contributed by atoms with Crippen LogP contribution in [0.4, 0.5) is 0 Å². The van der Waals surface area contributed by atoms with Crippen LogP contribution in [-0.4, -0.2) is 40.6 Å². The van der Waals surface area contributed by atoms with E-state index in [1.54, 1.807) is 6.92 Å². The van der Waals surface area contributed by atoms with Gasteiger partial charge in [-0.1, -0.05) is 24.3 Å². The van der Waals surface area contributed by atoms with Gasteiger partial charge in [0.1, 0.15) is 0 Å². The molecule has 0 aliphatic carbocycles. The van der Waals surface area contributed by atoms with Gasteiger partial charge in [0.15, 0.2) is 0 Å². The van der Waals surface area contributed by atoms with E-state index in [1.165, 1.54) is 11.1 Å². The van der Waals surface area contributed by atoms with Gasteiger partial charge in [-0.15, -0.1) is 0 Å². The summed E-state index contributed by atoms with van der Waals surface area (Å²) in [4.78, 5) is 13.5. The first-order valence-electron chi connectivity index (χ1n) is 8.11. The number of aryl methyl sites for hydroxylation is 1. The van der Waals surface area contributed by atoms with E-state index in [-0.39, 0.29) is 5.91 Å². The summed E-state index contributed by atoms with van der Waals surface area (Å²) in [6.45, 7) is 8.17. The third-order valence-corrected chi connectivity index (χ3v) is 4.13. The Morgan fingerprint density at radius 1 is 1.32 bits per heavy atom. The number of aliphatic hydroxyl groups is 1. The van der Waals surface area contributed by atoms with Gasteiger partial charge in [-0.05, 0) is 44.2 Å². The molecule has 1 aliphatic heterocycles. The molecule has 0 spiro atoms. The van der Waals surface area contributed by atoms with E-state index in [9.17, 15) is 9.90 Å². The van der Waals surface area contributed by atoms with Crippen LogP contribution in [0.2, 0.25) is 0 Å². The molecule has 0 saturated carbocycles. The van der Waals surface area contributed by atoms with Crippen molar-refractivity contribution in [1.82, 2.24) is 10.2 Å². The molecular weight excluding hydrogens is 276 g/mol. The molecule has 2 N–H and O–H groups in total. The van der Waals surface area contributed by atoms with Crippen molar-refractivity contribution in [3.05, 3.63) is 35.4 Å². The number of nitrogens with one attached hydrogen (secondary N) is 1. The van der Waals surface area contributed by atoms with E-state index in [4.69, 9.17) is 0 Å². The number of rotatable bonds is 6. The minimum atomic E-state index is -0.604. The maximum absolute atomic E-state index is 11.1. The molecule has 1 amide bonds. The second-order valence-corrected chi connectivity index (χ2v) is 7.05. The van der Waals surface area contributed by atoms with Gasteiger partial charge >= 0.3 is 0 Å². The van der Waals surface area contributed by atoms with Crippen molar-refractivity contribution >= 4 is 5.91 Å². The molecule has 0 aromatic heterocycles. The van der Waals surface area contributed by atoms with Crippen LogP contribution in [-0.2, 0) is 17.8 Å². The van der Waals surface area contributed by atoms with Crippen LogP contribution in [0, 0.1) is 0 Å². The van der Waals surface area contributed by atoms with Crippen LogP contribution < -0.4 is 5.32 Å². The Labute approximate surface area is 133 Å². The number of likely N-dealkylation sites (tertiary alicyclic amines) is 1. The van der Waals surface area contributed by atoms with Crippen molar-refractivity contribution in [2.24, 2.45) is 0 Å². The average molecular weight is 304 g/mol. The van der Waals surface area contributed by atoms with Crippen LogP contribution in [0.25, 0.3) is 0 Å². The summed E-state index contributed by atoms with van der Waals surface area (Å²) >= 11 is 0. The van der Waals surface area contributed by atoms with Gasteiger partial charge in [0.2, 0.25) is 5.91 Å². The van der Waals surface area contributed by atoms with Crippen molar-refractivity contribution in [2.45, 2.75) is 58.2 Å². The minimum absolute atomic E-state index is 0.0583. The summed E-state index contributed by atoms with van der Waals surface area (Å²) < 4.78 is 0. The normalized spacial score (nSPS) is 19.4. The van der Waals surface area contributed by atoms with Crippen LogP contribution in [0.1, 0.15) is 44.7 Å². The molecule has 1 fully saturated rings. The lowest BCUT2D eigenvalue weighted by Crippen LogP contribution is -2.35. The Morgan fingerprint density at radius 3 is 2.55 bits per heavy atom. The largest absolute Gasteiger partial charge is 0.390 e. The fourth-order valence-electron chi connectivity index (χ4n) is 2.90. The second kappa shape index (κ2) is 7.25. The molecule has 1 aliphatic rings. The zero-order chi connectivity index (χ0) is 16.2. The third-order valence-electron chi connectivity index (χ3n) is 4.13. The van der Waals surface area contributed by atoms with Crippen LogP contribution >= 0.6 is 0 Å². The summed E-state index contributed by atoms with van der Waals surface area (Å²) in [7, 11) is 0. The first-order valence-corrected chi connectivity index (χ1v) is 8.11. The molecule has 4 heteroatoms. The van der Waals surface area contributed by atoms with Gasteiger partial charge in [0.25, 0.3) is 0 Å². The van der Waals surface area contributed by atoms with Crippen molar-refractivity contribution in [3.63, 3.8) is 0 Å². The van der Waals surface area contributed by atoms with Crippen molar-refractivity contribution in [1.29, 1.82) is 0 Å². The fourth-order valence-corrected chi connectivity index (χ4v) is 2.90. The van der Waals surface area contributed by atoms with E-state index in [0.29, 0.717) is 6.04 Å². The van der Waals surface area contributed by atoms with Crippen LogP contribution in [0.5, 0.6) is 0 Å². The van der Waals surface area contributed by atoms with Crippen LogP contribution in [0.3, 0.4) is 0 Å². The predicted octanol–water partition coefficient (Wildman–Crippen LogP) is 2.10. The molecule has 2 rings (SSSR count). The summed E-state index contributed by atoms with van der Waals surface area (Å²) in [6.07, 6.45) is 2.71. The zero-order valence-corrected chi connectivity index (χ0v) is 13.9. The summed E-state index contributed by atoms with van der Waals surface area (Å²) in [5, 5.41) is 12.8. The van der Waals surface area contributed by atoms with Gasteiger partial charge in [0, 0.05) is 32.6 Å². The Hall–Kier alpha value is -1.39. The standard InChI is InChI=1S/C18H28N2O2/c1-14(21)19-17-9-11-20(13-17)12-16-6-4-15(5-7-16)8-10-18(2,3)22/h4-7,17,22H,8-13H2,1-3H3,(H,19,21)/t17-/m1/s1. The molecule has 1 atom stereocenters. The van der Waals surface area contributed by atoms with Crippen molar-refractivity contribution in [3.8, 4) is 0 Å². The molecule has 1 aromatic rings. The van der Waals surface area contributed by atoms with E-state index >= 15 is 0 Å². The molecular formula is C18H28N2O2. The maximum Gasteiger partial charge on any atom is 0.217 e. The highest BCUT2D eigenvalue weighted by atomic mass is 16.3. The summed E-state index contributed by atoms with van der Waals surface area (Å²) in [6, 6.07) is 8.95. The Balaban J connectivity index is 1.81.